The summed E-state index contributed by atoms with van der Waals surface area (Å²) in [4.78, 5) is 13.8. The number of carbonyl (C=O) groups is 1. The highest BCUT2D eigenvalue weighted by Gasteiger charge is 2.14. The van der Waals surface area contributed by atoms with Crippen molar-refractivity contribution in [1.29, 1.82) is 0 Å². The Hall–Kier alpha value is -1.64. The second kappa shape index (κ2) is 9.34. The predicted molar refractivity (Wildman–Crippen MR) is 109 cm³/mol. The van der Waals surface area contributed by atoms with Crippen molar-refractivity contribution in [2.45, 2.75) is 37.4 Å². The van der Waals surface area contributed by atoms with Gasteiger partial charge in [-0.15, -0.1) is 10.2 Å². The maximum Gasteiger partial charge on any atom is 0.325 e. The van der Waals surface area contributed by atoms with Gasteiger partial charge in [-0.1, -0.05) is 29.2 Å². The monoisotopic (exact) mass is 392 g/mol. The van der Waals surface area contributed by atoms with Gasteiger partial charge in [-0.05, 0) is 56.4 Å². The molecule has 3 rings (SSSR count). The van der Waals surface area contributed by atoms with Crippen LogP contribution in [0.15, 0.2) is 22.5 Å². The summed E-state index contributed by atoms with van der Waals surface area (Å²) in [5.41, 5.74) is 3.12. The molecule has 0 unspecified atom stereocenters. The minimum Gasteiger partial charge on any atom is -0.334 e. The van der Waals surface area contributed by atoms with Crippen molar-refractivity contribution >= 4 is 39.9 Å². The van der Waals surface area contributed by atoms with Gasteiger partial charge in [-0.3, -0.25) is 5.32 Å². The summed E-state index contributed by atoms with van der Waals surface area (Å²) >= 11 is 3.15. The number of urea groups is 1. The summed E-state index contributed by atoms with van der Waals surface area (Å²) in [6.45, 7) is 7.83. The fourth-order valence-corrected chi connectivity index (χ4v) is 4.84. The summed E-state index contributed by atoms with van der Waals surface area (Å²) in [7, 11) is 0. The fraction of sp³-hybridized carbons (Fsp3) is 0.500. The number of hydrogen-bond acceptors (Lipinski definition) is 5. The highest BCUT2D eigenvalue weighted by Crippen LogP contribution is 2.25. The number of nitrogens with zero attached hydrogens (tertiary/aromatic N) is 2. The normalized spacial score (nSPS) is 15.0. The van der Waals surface area contributed by atoms with E-state index in [9.17, 15) is 4.79 Å². The number of nitrogens with one attached hydrogen (secondary N) is 3. The van der Waals surface area contributed by atoms with Gasteiger partial charge in [0, 0.05) is 11.4 Å². The molecule has 0 saturated carbocycles. The van der Waals surface area contributed by atoms with Gasteiger partial charge in [-0.2, -0.15) is 0 Å². The molecule has 0 spiro atoms. The van der Waals surface area contributed by atoms with Crippen LogP contribution in [0.5, 0.6) is 0 Å². The van der Waals surface area contributed by atoms with E-state index in [1.807, 2.05) is 32.0 Å². The number of carbonyl (C=O) groups excluding carboxylic acids is 1. The number of aromatic nitrogens is 2. The van der Waals surface area contributed by atoms with Crippen molar-refractivity contribution < 1.29 is 9.69 Å². The lowest BCUT2D eigenvalue weighted by atomic mass is 10.1. The lowest BCUT2D eigenvalue weighted by Crippen LogP contribution is -3.13. The van der Waals surface area contributed by atoms with Crippen molar-refractivity contribution in [2.24, 2.45) is 0 Å². The largest absolute Gasteiger partial charge is 0.334 e. The van der Waals surface area contributed by atoms with Crippen LogP contribution in [-0.4, -0.2) is 41.6 Å². The van der Waals surface area contributed by atoms with Crippen LogP contribution in [0.4, 0.5) is 15.6 Å². The van der Waals surface area contributed by atoms with Gasteiger partial charge >= 0.3 is 6.03 Å². The molecule has 6 nitrogen and oxygen atoms in total. The topological polar surface area (TPSA) is 71.3 Å². The van der Waals surface area contributed by atoms with E-state index in [0.29, 0.717) is 5.13 Å². The molecular formula is C18H26N5OS2+. The molecule has 1 saturated heterocycles. The maximum atomic E-state index is 12.1. The number of hydrogen-bond donors (Lipinski definition) is 3. The smallest absolute Gasteiger partial charge is 0.325 e. The van der Waals surface area contributed by atoms with Crippen LogP contribution in [0.2, 0.25) is 0 Å². The number of rotatable bonds is 6. The zero-order valence-electron chi connectivity index (χ0n) is 15.3. The summed E-state index contributed by atoms with van der Waals surface area (Å²) in [5.74, 6) is 1.04. The molecule has 0 bridgehead atoms. The number of amides is 2. The van der Waals surface area contributed by atoms with Gasteiger partial charge in [0.05, 0.1) is 19.6 Å². The zero-order chi connectivity index (χ0) is 18.4. The number of thioether (sulfide) groups is 1. The predicted octanol–water partition coefficient (Wildman–Crippen LogP) is 2.96. The number of quaternary nitrogens is 1. The first-order chi connectivity index (χ1) is 12.6. The molecule has 0 aliphatic carbocycles. The van der Waals surface area contributed by atoms with Crippen molar-refractivity contribution in [3.8, 4) is 0 Å². The average Bonchev–Trinajstić information content (AvgIpc) is 3.06. The Kier molecular flexibility index (Phi) is 6.87. The fourth-order valence-electron chi connectivity index (χ4n) is 2.98. The molecule has 1 aromatic heterocycles. The Morgan fingerprint density at radius 3 is 2.73 bits per heavy atom. The quantitative estimate of drug-likeness (QED) is 0.522. The summed E-state index contributed by atoms with van der Waals surface area (Å²) in [5, 5.41) is 14.3. The highest BCUT2D eigenvalue weighted by atomic mass is 32.2. The maximum absolute atomic E-state index is 12.1. The summed E-state index contributed by atoms with van der Waals surface area (Å²) in [6, 6.07) is 5.55. The molecule has 1 fully saturated rings. The van der Waals surface area contributed by atoms with Crippen LogP contribution < -0.4 is 15.5 Å². The van der Waals surface area contributed by atoms with Crippen molar-refractivity contribution in [2.75, 3.05) is 36.0 Å². The van der Waals surface area contributed by atoms with E-state index in [0.717, 1.165) is 21.3 Å². The molecule has 8 heteroatoms. The van der Waals surface area contributed by atoms with Gasteiger partial charge in [0.25, 0.3) is 0 Å². The van der Waals surface area contributed by atoms with Crippen LogP contribution in [-0.2, 0) is 0 Å². The Labute approximate surface area is 162 Å². The van der Waals surface area contributed by atoms with Crippen molar-refractivity contribution in [1.82, 2.24) is 10.2 Å². The molecule has 0 atom stereocenters. The van der Waals surface area contributed by atoms with Crippen LogP contribution in [0, 0.1) is 13.8 Å². The first-order valence-electron chi connectivity index (χ1n) is 9.05. The summed E-state index contributed by atoms with van der Waals surface area (Å²) < 4.78 is 0.905. The van der Waals surface area contributed by atoms with Gasteiger partial charge in [0.1, 0.15) is 0 Å². The van der Waals surface area contributed by atoms with Crippen LogP contribution in [0.25, 0.3) is 0 Å². The highest BCUT2D eigenvalue weighted by molar-refractivity contribution is 8.01. The molecule has 1 aromatic carbocycles. The van der Waals surface area contributed by atoms with Gasteiger partial charge < -0.3 is 10.2 Å². The second-order valence-electron chi connectivity index (χ2n) is 6.66. The first kappa shape index (κ1) is 19.1. The van der Waals surface area contributed by atoms with Crippen LogP contribution in [0.1, 0.15) is 30.4 Å². The summed E-state index contributed by atoms with van der Waals surface area (Å²) in [6.07, 6.45) is 4.08. The third-order valence-corrected chi connectivity index (χ3v) is 6.61. The third kappa shape index (κ3) is 5.69. The standard InChI is InChI=1S/C18H25N5OS2/c1-13-6-7-15(12-14(13)2)19-16(24)20-17-21-22-18(26-17)25-11-10-23-8-4-3-5-9-23/h6-7,12H,3-5,8-11H2,1-2H3,(H2,19,20,21,24)/p+1. The van der Waals surface area contributed by atoms with Crippen LogP contribution >= 0.6 is 23.1 Å². The minimum absolute atomic E-state index is 0.293. The second-order valence-corrected chi connectivity index (χ2v) is 8.98. The van der Waals surface area contributed by atoms with Gasteiger partial charge in [-0.25, -0.2) is 4.79 Å². The number of anilines is 2. The Balaban J connectivity index is 1.43. The van der Waals surface area contributed by atoms with E-state index >= 15 is 0 Å². The number of likely N-dealkylation sites (tertiary alicyclic amines) is 1. The van der Waals surface area contributed by atoms with E-state index in [-0.39, 0.29) is 6.03 Å². The third-order valence-electron chi connectivity index (χ3n) is 4.63. The Bertz CT molecular complexity index is 743. The first-order valence-corrected chi connectivity index (χ1v) is 10.9. The molecule has 2 aromatic rings. The molecule has 26 heavy (non-hydrogen) atoms. The lowest BCUT2D eigenvalue weighted by molar-refractivity contribution is -0.902. The molecule has 0 radical (unpaired) electrons. The number of piperidine rings is 1. The van der Waals surface area contributed by atoms with E-state index < -0.39 is 0 Å². The van der Waals surface area contributed by atoms with E-state index in [1.165, 1.54) is 55.8 Å². The Morgan fingerprint density at radius 1 is 1.15 bits per heavy atom. The Morgan fingerprint density at radius 2 is 1.96 bits per heavy atom. The zero-order valence-corrected chi connectivity index (χ0v) is 16.9. The van der Waals surface area contributed by atoms with E-state index in [1.54, 1.807) is 16.7 Å². The van der Waals surface area contributed by atoms with Crippen molar-refractivity contribution in [3.63, 3.8) is 0 Å². The molecular weight excluding hydrogens is 366 g/mol. The van der Waals surface area contributed by atoms with E-state index in [2.05, 4.69) is 20.8 Å². The molecule has 1 aliphatic heterocycles. The number of aryl methyl sites for hydroxylation is 2. The van der Waals surface area contributed by atoms with Crippen LogP contribution in [0.3, 0.4) is 0 Å². The molecule has 140 valence electrons. The van der Waals surface area contributed by atoms with Gasteiger partial charge in [0.2, 0.25) is 5.13 Å². The average molecular weight is 393 g/mol. The lowest BCUT2D eigenvalue weighted by Gasteiger charge is -2.22. The minimum atomic E-state index is -0.293. The van der Waals surface area contributed by atoms with Gasteiger partial charge in [0.15, 0.2) is 4.34 Å². The molecule has 3 N–H and O–H groups in total. The molecule has 1 aliphatic rings. The molecule has 2 amide bonds. The number of benzene rings is 1. The SMILES string of the molecule is Cc1ccc(NC(=O)Nc2nnc(SCC[NH+]3CCCCC3)s2)cc1C. The molecule has 2 heterocycles. The van der Waals surface area contributed by atoms with Crippen molar-refractivity contribution in [3.05, 3.63) is 29.3 Å². The van der Waals surface area contributed by atoms with E-state index in [4.69, 9.17) is 0 Å².